The number of carbonyl (C=O) groups excluding carboxylic acids is 1. The van der Waals surface area contributed by atoms with Crippen molar-refractivity contribution in [2.45, 2.75) is 38.3 Å². The predicted molar refractivity (Wildman–Crippen MR) is 114 cm³/mol. The quantitative estimate of drug-likeness (QED) is 0.691. The maximum Gasteiger partial charge on any atom is 0.231 e. The summed E-state index contributed by atoms with van der Waals surface area (Å²) in [5.41, 5.74) is 2.43. The van der Waals surface area contributed by atoms with Gasteiger partial charge < -0.3 is 9.64 Å². The van der Waals surface area contributed by atoms with Crippen LogP contribution in [0.25, 0.3) is 0 Å². The van der Waals surface area contributed by atoms with Crippen molar-refractivity contribution >= 4 is 5.91 Å². The number of benzene rings is 2. The van der Waals surface area contributed by atoms with Crippen LogP contribution in [0.4, 0.5) is 0 Å². The van der Waals surface area contributed by atoms with E-state index in [2.05, 4.69) is 52.3 Å². The van der Waals surface area contributed by atoms with Gasteiger partial charge in [-0.2, -0.15) is 0 Å². The Labute approximate surface area is 173 Å². The van der Waals surface area contributed by atoms with Gasteiger partial charge in [-0.15, -0.1) is 0 Å². The molecule has 2 aliphatic heterocycles. The van der Waals surface area contributed by atoms with Crippen molar-refractivity contribution < 1.29 is 9.53 Å². The molecule has 1 saturated carbocycles. The van der Waals surface area contributed by atoms with Crippen LogP contribution in [-0.2, 0) is 11.3 Å². The number of carbonyl (C=O) groups is 1. The summed E-state index contributed by atoms with van der Waals surface area (Å²) in [5.74, 6) is 2.04. The average molecular weight is 391 g/mol. The van der Waals surface area contributed by atoms with E-state index in [0.29, 0.717) is 5.91 Å². The third-order valence-corrected chi connectivity index (χ3v) is 7.10. The molecule has 1 amide bonds. The van der Waals surface area contributed by atoms with Crippen molar-refractivity contribution in [2.75, 3.05) is 26.7 Å². The van der Waals surface area contributed by atoms with Crippen LogP contribution in [0.1, 0.15) is 42.9 Å². The SMILES string of the molecule is COc1ccc(CN2CCC3(CC2)C(=O)N(CC2CC2)[C@@H]3c2ccccc2)cc1. The number of likely N-dealkylation sites (tertiary alicyclic amines) is 2. The van der Waals surface area contributed by atoms with E-state index in [9.17, 15) is 4.79 Å². The lowest BCUT2D eigenvalue weighted by Crippen LogP contribution is -2.66. The van der Waals surface area contributed by atoms with Crippen LogP contribution in [0.2, 0.25) is 0 Å². The van der Waals surface area contributed by atoms with Gasteiger partial charge in [-0.25, -0.2) is 0 Å². The largest absolute Gasteiger partial charge is 0.497 e. The number of piperidine rings is 1. The van der Waals surface area contributed by atoms with Gasteiger partial charge in [-0.05, 0) is 68.0 Å². The first-order valence-corrected chi connectivity index (χ1v) is 10.9. The molecule has 3 fully saturated rings. The Morgan fingerprint density at radius 3 is 2.31 bits per heavy atom. The van der Waals surface area contributed by atoms with Crippen LogP contribution in [0, 0.1) is 11.3 Å². The first-order valence-electron chi connectivity index (χ1n) is 10.9. The Balaban J connectivity index is 1.29. The van der Waals surface area contributed by atoms with E-state index in [0.717, 1.165) is 50.7 Å². The van der Waals surface area contributed by atoms with Gasteiger partial charge in [0, 0.05) is 13.1 Å². The monoisotopic (exact) mass is 390 g/mol. The Hall–Kier alpha value is -2.33. The van der Waals surface area contributed by atoms with Crippen molar-refractivity contribution in [3.05, 3.63) is 65.7 Å². The predicted octanol–water partition coefficient (Wildman–Crippen LogP) is 4.27. The van der Waals surface area contributed by atoms with Gasteiger partial charge in [-0.3, -0.25) is 9.69 Å². The van der Waals surface area contributed by atoms with Crippen LogP contribution in [-0.4, -0.2) is 42.5 Å². The van der Waals surface area contributed by atoms with Crippen LogP contribution in [0.3, 0.4) is 0 Å². The first kappa shape index (κ1) is 18.7. The molecule has 1 atom stereocenters. The summed E-state index contributed by atoms with van der Waals surface area (Å²) in [6.07, 6.45) is 4.49. The second kappa shape index (κ2) is 7.49. The molecule has 2 heterocycles. The molecule has 4 heteroatoms. The molecule has 5 rings (SSSR count). The number of hydrogen-bond donors (Lipinski definition) is 0. The lowest BCUT2D eigenvalue weighted by atomic mass is 9.62. The summed E-state index contributed by atoms with van der Waals surface area (Å²) < 4.78 is 5.26. The fourth-order valence-electron chi connectivity index (χ4n) is 5.24. The molecule has 2 aromatic rings. The molecule has 1 aliphatic carbocycles. The van der Waals surface area contributed by atoms with Crippen molar-refractivity contribution in [1.82, 2.24) is 9.80 Å². The maximum atomic E-state index is 13.3. The zero-order valence-electron chi connectivity index (χ0n) is 17.2. The molecule has 29 heavy (non-hydrogen) atoms. The molecule has 3 aliphatic rings. The lowest BCUT2D eigenvalue weighted by molar-refractivity contribution is -0.181. The fraction of sp³-hybridized carbons (Fsp3) is 0.480. The van der Waals surface area contributed by atoms with E-state index in [4.69, 9.17) is 4.74 Å². The molecule has 1 spiro atoms. The third-order valence-electron chi connectivity index (χ3n) is 7.10. The molecule has 4 nitrogen and oxygen atoms in total. The third kappa shape index (κ3) is 3.44. The summed E-state index contributed by atoms with van der Waals surface area (Å²) in [6.45, 7) is 3.86. The van der Waals surface area contributed by atoms with Crippen molar-refractivity contribution in [3.8, 4) is 5.75 Å². The van der Waals surface area contributed by atoms with E-state index >= 15 is 0 Å². The number of β-lactam (4-membered cyclic amide) rings is 1. The minimum atomic E-state index is -0.188. The minimum Gasteiger partial charge on any atom is -0.497 e. The summed E-state index contributed by atoms with van der Waals surface area (Å²) in [5, 5.41) is 0. The van der Waals surface area contributed by atoms with Gasteiger partial charge in [0.15, 0.2) is 0 Å². The second-order valence-electron chi connectivity index (χ2n) is 8.99. The fourth-order valence-corrected chi connectivity index (χ4v) is 5.24. The Bertz CT molecular complexity index is 852. The van der Waals surface area contributed by atoms with E-state index < -0.39 is 0 Å². The van der Waals surface area contributed by atoms with Crippen LogP contribution in [0.15, 0.2) is 54.6 Å². The first-order chi connectivity index (χ1) is 14.2. The van der Waals surface area contributed by atoms with E-state index in [1.807, 2.05) is 12.1 Å². The molecular formula is C25H30N2O2. The standard InChI is InChI=1S/C25H30N2O2/c1-29-22-11-9-19(10-12-22)17-26-15-13-25(14-16-26)23(21-5-3-2-4-6-21)27(24(25)28)18-20-7-8-20/h2-6,9-12,20,23H,7-8,13-18H2,1H3/t23-/m1/s1. The number of rotatable bonds is 6. The summed E-state index contributed by atoms with van der Waals surface area (Å²) in [4.78, 5) is 18.0. The molecule has 0 bridgehead atoms. The topological polar surface area (TPSA) is 32.8 Å². The molecule has 0 aromatic heterocycles. The molecule has 152 valence electrons. The highest BCUT2D eigenvalue weighted by Gasteiger charge is 2.61. The van der Waals surface area contributed by atoms with E-state index in [1.165, 1.54) is 24.0 Å². The highest BCUT2D eigenvalue weighted by molar-refractivity contribution is 5.91. The van der Waals surface area contributed by atoms with Crippen LogP contribution >= 0.6 is 0 Å². The van der Waals surface area contributed by atoms with Crippen molar-refractivity contribution in [2.24, 2.45) is 11.3 Å². The number of ether oxygens (including phenoxy) is 1. The number of methoxy groups -OCH3 is 1. The lowest BCUT2D eigenvalue weighted by Gasteiger charge is -2.59. The number of hydrogen-bond acceptors (Lipinski definition) is 3. The second-order valence-corrected chi connectivity index (χ2v) is 8.99. The highest BCUT2D eigenvalue weighted by atomic mass is 16.5. The van der Waals surface area contributed by atoms with Gasteiger partial charge in [-0.1, -0.05) is 42.5 Å². The molecule has 0 radical (unpaired) electrons. The smallest absolute Gasteiger partial charge is 0.231 e. The molecular weight excluding hydrogens is 360 g/mol. The number of nitrogens with zero attached hydrogens (tertiary/aromatic N) is 2. The molecule has 2 aromatic carbocycles. The molecule has 2 saturated heterocycles. The zero-order chi connectivity index (χ0) is 19.8. The molecule has 0 N–H and O–H groups in total. The van der Waals surface area contributed by atoms with Crippen molar-refractivity contribution in [3.63, 3.8) is 0 Å². The van der Waals surface area contributed by atoms with Crippen LogP contribution in [0.5, 0.6) is 5.75 Å². The van der Waals surface area contributed by atoms with Gasteiger partial charge in [0.05, 0.1) is 18.6 Å². The normalized spacial score (nSPS) is 23.8. The minimum absolute atomic E-state index is 0.188. The summed E-state index contributed by atoms with van der Waals surface area (Å²) >= 11 is 0. The Morgan fingerprint density at radius 2 is 1.69 bits per heavy atom. The molecule has 0 unspecified atom stereocenters. The van der Waals surface area contributed by atoms with E-state index in [-0.39, 0.29) is 11.5 Å². The summed E-state index contributed by atoms with van der Waals surface area (Å²) in [7, 11) is 1.70. The summed E-state index contributed by atoms with van der Waals surface area (Å²) in [6, 6.07) is 19.3. The van der Waals surface area contributed by atoms with Gasteiger partial charge in [0.2, 0.25) is 5.91 Å². The highest BCUT2D eigenvalue weighted by Crippen LogP contribution is 2.57. The Kier molecular flexibility index (Phi) is 4.83. The van der Waals surface area contributed by atoms with Crippen molar-refractivity contribution in [1.29, 1.82) is 0 Å². The van der Waals surface area contributed by atoms with Gasteiger partial charge in [0.1, 0.15) is 5.75 Å². The van der Waals surface area contributed by atoms with Gasteiger partial charge in [0.25, 0.3) is 0 Å². The number of amides is 1. The van der Waals surface area contributed by atoms with Crippen LogP contribution < -0.4 is 4.74 Å². The maximum absolute atomic E-state index is 13.3. The average Bonchev–Trinajstić information content (AvgIpc) is 3.60. The van der Waals surface area contributed by atoms with E-state index in [1.54, 1.807) is 7.11 Å². The zero-order valence-corrected chi connectivity index (χ0v) is 17.2. The Morgan fingerprint density at radius 1 is 1.00 bits per heavy atom. The van der Waals surface area contributed by atoms with Gasteiger partial charge >= 0.3 is 0 Å².